The average molecular weight is 478 g/mol. The van der Waals surface area contributed by atoms with Crippen molar-refractivity contribution in [1.82, 2.24) is 4.90 Å². The molecule has 28 heavy (non-hydrogen) atoms. The fourth-order valence-corrected chi connectivity index (χ4v) is 7.09. The molecule has 0 amide bonds. The maximum Gasteiger partial charge on any atom is 0.111 e. The summed E-state index contributed by atoms with van der Waals surface area (Å²) in [4.78, 5) is 7.38. The summed E-state index contributed by atoms with van der Waals surface area (Å²) in [6, 6.07) is 10.5. The minimum absolute atomic E-state index is 0.0391. The highest BCUT2D eigenvalue weighted by molar-refractivity contribution is 9.10. The van der Waals surface area contributed by atoms with E-state index in [1.165, 1.54) is 17.0 Å². The van der Waals surface area contributed by atoms with Crippen molar-refractivity contribution in [3.63, 3.8) is 0 Å². The topological polar surface area (TPSA) is 39.7 Å². The highest BCUT2D eigenvalue weighted by atomic mass is 79.9. The largest absolute Gasteiger partial charge is 0.364 e. The monoisotopic (exact) mass is 476 g/mol. The van der Waals surface area contributed by atoms with Gasteiger partial charge in [0.1, 0.15) is 12.0 Å². The summed E-state index contributed by atoms with van der Waals surface area (Å²) >= 11 is 16.8. The first-order valence-corrected chi connectivity index (χ1v) is 11.1. The Hall–Kier alpha value is -1.43. The number of rotatable bonds is 0. The van der Waals surface area contributed by atoms with Crippen molar-refractivity contribution in [3.05, 3.63) is 56.0 Å². The molecule has 1 saturated heterocycles. The third-order valence-electron chi connectivity index (χ3n) is 7.15. The van der Waals surface area contributed by atoms with Crippen LogP contribution in [-0.4, -0.2) is 37.0 Å². The van der Waals surface area contributed by atoms with Crippen LogP contribution in [0.3, 0.4) is 0 Å². The van der Waals surface area contributed by atoms with Crippen LogP contribution in [0.15, 0.2) is 39.8 Å². The van der Waals surface area contributed by atoms with Gasteiger partial charge in [-0.1, -0.05) is 45.2 Å². The highest BCUT2D eigenvalue weighted by Crippen LogP contribution is 2.65. The van der Waals surface area contributed by atoms with Gasteiger partial charge in [-0.05, 0) is 48.2 Å². The van der Waals surface area contributed by atoms with E-state index < -0.39 is 0 Å². The number of aliphatic imine (C=N–C) groups is 1. The lowest BCUT2D eigenvalue weighted by molar-refractivity contribution is 0.234. The molecule has 3 atom stereocenters. The van der Waals surface area contributed by atoms with Gasteiger partial charge >= 0.3 is 0 Å². The summed E-state index contributed by atoms with van der Waals surface area (Å²) in [6.07, 6.45) is 2.02. The van der Waals surface area contributed by atoms with Crippen molar-refractivity contribution < 1.29 is 0 Å². The van der Waals surface area contributed by atoms with Gasteiger partial charge in [-0.25, -0.2) is 0 Å². The lowest BCUT2D eigenvalue weighted by Gasteiger charge is -2.56. The number of fused-ring (bicyclic) bond motifs is 2. The van der Waals surface area contributed by atoms with Gasteiger partial charge in [-0.15, -0.1) is 0 Å². The summed E-state index contributed by atoms with van der Waals surface area (Å²) in [5.74, 6) is 1.19. The van der Waals surface area contributed by atoms with E-state index in [2.05, 4.69) is 62.8 Å². The molecular formula is C21H19BrCl2N4. The molecule has 4 aliphatic rings. The molecule has 0 unspecified atom stereocenters. The van der Waals surface area contributed by atoms with Crippen LogP contribution in [0.25, 0.3) is 0 Å². The standard InChI is InChI=1S/C21H19BrCl2N4/c1-28-7-5-21-13-3-2-11(22)8-16(13)26-18-20(21,4-6-25-19(21)28)14-9-12(23)10-15(24)17(14)27-18/h2-3,8-10,18,26-27H,4-7H2,1H3/t18-,20+,21-/m0/s1. The molecule has 2 spiro atoms. The lowest BCUT2D eigenvalue weighted by Crippen LogP contribution is -2.65. The lowest BCUT2D eigenvalue weighted by atomic mass is 9.51. The van der Waals surface area contributed by atoms with E-state index in [1.807, 2.05) is 6.07 Å². The highest BCUT2D eigenvalue weighted by Gasteiger charge is 2.69. The van der Waals surface area contributed by atoms with Gasteiger partial charge in [-0.2, -0.15) is 0 Å². The van der Waals surface area contributed by atoms with Crippen LogP contribution in [0.1, 0.15) is 24.0 Å². The first-order valence-electron chi connectivity index (χ1n) is 9.56. The number of anilines is 2. The number of likely N-dealkylation sites (tertiary alicyclic amines) is 1. The summed E-state index contributed by atoms with van der Waals surface area (Å²) in [6.45, 7) is 1.79. The summed E-state index contributed by atoms with van der Waals surface area (Å²) in [5, 5.41) is 8.88. The van der Waals surface area contributed by atoms with Gasteiger partial charge in [-0.3, -0.25) is 4.99 Å². The fourth-order valence-electron chi connectivity index (χ4n) is 6.18. The van der Waals surface area contributed by atoms with E-state index in [4.69, 9.17) is 28.2 Å². The Balaban J connectivity index is 1.73. The summed E-state index contributed by atoms with van der Waals surface area (Å²) < 4.78 is 1.07. The second-order valence-corrected chi connectivity index (χ2v) is 9.98. The minimum Gasteiger partial charge on any atom is -0.364 e. The molecular weight excluding hydrogens is 459 g/mol. The number of hydrogen-bond donors (Lipinski definition) is 2. The molecule has 2 N–H and O–H groups in total. The van der Waals surface area contributed by atoms with Crippen LogP contribution in [-0.2, 0) is 10.8 Å². The smallest absolute Gasteiger partial charge is 0.111 e. The first-order chi connectivity index (χ1) is 13.5. The Morgan fingerprint density at radius 3 is 2.86 bits per heavy atom. The van der Waals surface area contributed by atoms with Crippen LogP contribution in [0.2, 0.25) is 10.0 Å². The number of halogens is 3. The Labute approximate surface area is 182 Å². The molecule has 4 heterocycles. The summed E-state index contributed by atoms with van der Waals surface area (Å²) in [7, 11) is 2.16. The Morgan fingerprint density at radius 1 is 1.14 bits per heavy atom. The third-order valence-corrected chi connectivity index (χ3v) is 8.16. The van der Waals surface area contributed by atoms with E-state index in [9.17, 15) is 0 Å². The van der Waals surface area contributed by atoms with Gasteiger partial charge in [0.2, 0.25) is 0 Å². The molecule has 0 saturated carbocycles. The zero-order valence-corrected chi connectivity index (χ0v) is 18.4. The average Bonchev–Trinajstić information content (AvgIpc) is 3.16. The molecule has 0 radical (unpaired) electrons. The molecule has 1 fully saturated rings. The van der Waals surface area contributed by atoms with Crippen molar-refractivity contribution in [1.29, 1.82) is 0 Å². The Kier molecular flexibility index (Phi) is 3.48. The summed E-state index contributed by atoms with van der Waals surface area (Å²) in [5.41, 5.74) is 4.32. The molecule has 6 rings (SSSR count). The van der Waals surface area contributed by atoms with E-state index in [1.54, 1.807) is 0 Å². The molecule has 2 aromatic rings. The quantitative estimate of drug-likeness (QED) is 0.544. The number of nitrogens with one attached hydrogen (secondary N) is 2. The fraction of sp³-hybridized carbons (Fsp3) is 0.381. The number of hydrogen-bond acceptors (Lipinski definition) is 4. The van der Waals surface area contributed by atoms with Crippen LogP contribution in [0.4, 0.5) is 11.4 Å². The van der Waals surface area contributed by atoms with Gasteiger partial charge in [0.15, 0.2) is 0 Å². The first kappa shape index (κ1) is 17.4. The zero-order valence-electron chi connectivity index (χ0n) is 15.3. The normalized spacial score (nSPS) is 31.6. The zero-order chi connectivity index (χ0) is 19.3. The van der Waals surface area contributed by atoms with Crippen LogP contribution >= 0.6 is 39.1 Å². The molecule has 2 aromatic carbocycles. The maximum atomic E-state index is 6.65. The Bertz CT molecular complexity index is 1070. The SMILES string of the molecule is CN1CC[C@]23C1=NCC[C@]21c2cc(Cl)cc(Cl)c2N[C@@H]1Nc1cc(Br)ccc13. The van der Waals surface area contributed by atoms with E-state index >= 15 is 0 Å². The second kappa shape index (κ2) is 5.59. The number of likely N-dealkylation sites (N-methyl/N-ethyl adjacent to an activating group) is 1. The maximum absolute atomic E-state index is 6.65. The van der Waals surface area contributed by atoms with Crippen LogP contribution in [0.5, 0.6) is 0 Å². The molecule has 4 aliphatic heterocycles. The Morgan fingerprint density at radius 2 is 2.00 bits per heavy atom. The molecule has 144 valence electrons. The van der Waals surface area contributed by atoms with Crippen molar-refractivity contribution in [3.8, 4) is 0 Å². The van der Waals surface area contributed by atoms with Crippen molar-refractivity contribution >= 4 is 56.3 Å². The third kappa shape index (κ3) is 1.86. The van der Waals surface area contributed by atoms with Gasteiger partial charge in [0, 0.05) is 35.3 Å². The van der Waals surface area contributed by atoms with Crippen LogP contribution < -0.4 is 10.6 Å². The van der Waals surface area contributed by atoms with E-state index in [0.29, 0.717) is 10.0 Å². The van der Waals surface area contributed by atoms with Gasteiger partial charge in [0.25, 0.3) is 0 Å². The second-order valence-electron chi connectivity index (χ2n) is 8.23. The molecule has 0 bridgehead atoms. The van der Waals surface area contributed by atoms with Gasteiger partial charge < -0.3 is 15.5 Å². The predicted octanol–water partition coefficient (Wildman–Crippen LogP) is 5.25. The van der Waals surface area contributed by atoms with Crippen LogP contribution in [0, 0.1) is 0 Å². The molecule has 0 aliphatic carbocycles. The van der Waals surface area contributed by atoms with Crippen molar-refractivity contribution in [2.45, 2.75) is 29.8 Å². The number of nitrogens with zero attached hydrogens (tertiary/aromatic N) is 2. The predicted molar refractivity (Wildman–Crippen MR) is 119 cm³/mol. The van der Waals surface area contributed by atoms with Gasteiger partial charge in [0.05, 0.1) is 21.5 Å². The minimum atomic E-state index is -0.196. The number of benzene rings is 2. The number of amidine groups is 1. The van der Waals surface area contributed by atoms with E-state index in [0.717, 1.165) is 41.8 Å². The molecule has 4 nitrogen and oxygen atoms in total. The van der Waals surface area contributed by atoms with Crippen molar-refractivity contribution in [2.24, 2.45) is 4.99 Å². The van der Waals surface area contributed by atoms with E-state index in [-0.39, 0.29) is 17.0 Å². The molecule has 7 heteroatoms. The van der Waals surface area contributed by atoms with Crippen molar-refractivity contribution in [2.75, 3.05) is 30.8 Å². The molecule has 0 aromatic heterocycles.